The Hall–Kier alpha value is -3.53. The second-order valence-corrected chi connectivity index (χ2v) is 6.16. The predicted molar refractivity (Wildman–Crippen MR) is 101 cm³/mol. The molecule has 2 N–H and O–H groups in total. The number of hydrogen-bond donors (Lipinski definition) is 2. The van der Waals surface area contributed by atoms with E-state index >= 15 is 0 Å². The molecular weight excluding hydrogens is 328 g/mol. The van der Waals surface area contributed by atoms with Crippen LogP contribution in [0.15, 0.2) is 66.7 Å². The number of esters is 1. The third-order valence-electron chi connectivity index (χ3n) is 4.49. The molecule has 4 aromatic rings. The van der Waals surface area contributed by atoms with Gasteiger partial charge in [-0.25, -0.2) is 4.79 Å². The number of phenols is 2. The summed E-state index contributed by atoms with van der Waals surface area (Å²) >= 11 is 0. The zero-order valence-corrected chi connectivity index (χ0v) is 14.1. The van der Waals surface area contributed by atoms with E-state index in [1.165, 1.54) is 6.07 Å². The van der Waals surface area contributed by atoms with Crippen molar-refractivity contribution in [1.82, 2.24) is 0 Å². The number of rotatable bonds is 2. The maximum absolute atomic E-state index is 12.7. The second-order valence-electron chi connectivity index (χ2n) is 6.16. The fraction of sp³-hybridized carbons (Fsp3) is 0.0455. The van der Waals surface area contributed by atoms with E-state index in [1.54, 1.807) is 24.3 Å². The van der Waals surface area contributed by atoms with Gasteiger partial charge in [-0.1, -0.05) is 54.6 Å². The Labute approximate surface area is 149 Å². The van der Waals surface area contributed by atoms with Crippen LogP contribution in [0.2, 0.25) is 0 Å². The number of phenolic OH excluding ortho intramolecular Hbond substituents is 2. The van der Waals surface area contributed by atoms with Crippen molar-refractivity contribution in [3.63, 3.8) is 0 Å². The minimum atomic E-state index is -0.724. The van der Waals surface area contributed by atoms with E-state index in [-0.39, 0.29) is 17.1 Å². The number of aryl methyl sites for hydroxylation is 1. The quantitative estimate of drug-likeness (QED) is 0.307. The molecule has 4 nitrogen and oxygen atoms in total. The zero-order valence-electron chi connectivity index (χ0n) is 14.1. The molecular formula is C22H16O4. The smallest absolute Gasteiger partial charge is 0.347 e. The molecule has 0 spiro atoms. The standard InChI is InChI=1S/C22H16O4/c1-13-6-4-10-16-20(13)18(23)12-17(21(16)24)22(25)26-19-11-5-8-14-7-2-3-9-15(14)19/h2-12,23-24H,1H3. The van der Waals surface area contributed by atoms with Crippen LogP contribution in [-0.2, 0) is 0 Å². The molecule has 26 heavy (non-hydrogen) atoms. The first kappa shape index (κ1) is 16.0. The van der Waals surface area contributed by atoms with Crippen LogP contribution in [0, 0.1) is 6.92 Å². The Bertz CT molecular complexity index is 1160. The minimum absolute atomic E-state index is 0.0687. The summed E-state index contributed by atoms with van der Waals surface area (Å²) in [4.78, 5) is 12.7. The maximum Gasteiger partial charge on any atom is 0.347 e. The van der Waals surface area contributed by atoms with Crippen LogP contribution in [0.4, 0.5) is 0 Å². The van der Waals surface area contributed by atoms with Crippen molar-refractivity contribution in [3.8, 4) is 17.2 Å². The van der Waals surface area contributed by atoms with Crippen LogP contribution in [0.5, 0.6) is 17.2 Å². The Morgan fingerprint density at radius 2 is 1.58 bits per heavy atom. The number of fused-ring (bicyclic) bond motifs is 2. The molecule has 0 atom stereocenters. The predicted octanol–water partition coefficient (Wildman–Crippen LogP) is 4.93. The van der Waals surface area contributed by atoms with Crippen molar-refractivity contribution < 1.29 is 19.7 Å². The Balaban J connectivity index is 1.81. The van der Waals surface area contributed by atoms with Gasteiger partial charge in [-0.3, -0.25) is 0 Å². The third kappa shape index (κ3) is 2.52. The summed E-state index contributed by atoms with van der Waals surface area (Å²) in [5.74, 6) is -0.596. The molecule has 0 radical (unpaired) electrons. The molecule has 0 heterocycles. The molecule has 0 aliphatic carbocycles. The van der Waals surface area contributed by atoms with Crippen LogP contribution in [-0.4, -0.2) is 16.2 Å². The first-order valence-corrected chi connectivity index (χ1v) is 8.20. The number of aromatic hydroxyl groups is 2. The van der Waals surface area contributed by atoms with Crippen molar-refractivity contribution in [2.75, 3.05) is 0 Å². The van der Waals surface area contributed by atoms with E-state index in [2.05, 4.69) is 0 Å². The fourth-order valence-electron chi connectivity index (χ4n) is 3.22. The van der Waals surface area contributed by atoms with Crippen molar-refractivity contribution in [2.24, 2.45) is 0 Å². The van der Waals surface area contributed by atoms with Gasteiger partial charge < -0.3 is 14.9 Å². The van der Waals surface area contributed by atoms with Crippen LogP contribution in [0.1, 0.15) is 15.9 Å². The summed E-state index contributed by atoms with van der Waals surface area (Å²) < 4.78 is 5.52. The molecule has 0 fully saturated rings. The normalized spacial score (nSPS) is 11.0. The van der Waals surface area contributed by atoms with Gasteiger partial charge in [0.2, 0.25) is 0 Å². The number of carbonyl (C=O) groups is 1. The van der Waals surface area contributed by atoms with E-state index in [0.717, 1.165) is 16.3 Å². The molecule has 4 rings (SSSR count). The molecule has 0 saturated carbocycles. The highest BCUT2D eigenvalue weighted by Gasteiger charge is 2.20. The summed E-state index contributed by atoms with van der Waals surface area (Å²) in [7, 11) is 0. The number of hydrogen-bond acceptors (Lipinski definition) is 4. The van der Waals surface area contributed by atoms with E-state index < -0.39 is 5.97 Å². The zero-order chi connectivity index (χ0) is 18.3. The van der Waals surface area contributed by atoms with Gasteiger partial charge in [0.1, 0.15) is 22.8 Å². The first-order valence-electron chi connectivity index (χ1n) is 8.20. The summed E-state index contributed by atoms with van der Waals surface area (Å²) in [6, 6.07) is 19.5. The maximum atomic E-state index is 12.7. The lowest BCUT2D eigenvalue weighted by atomic mass is 10.0. The van der Waals surface area contributed by atoms with Crippen LogP contribution in [0.25, 0.3) is 21.5 Å². The van der Waals surface area contributed by atoms with Gasteiger partial charge in [0, 0.05) is 16.2 Å². The number of ether oxygens (including phenoxy) is 1. The van der Waals surface area contributed by atoms with Gasteiger partial charge in [-0.15, -0.1) is 0 Å². The van der Waals surface area contributed by atoms with Crippen molar-refractivity contribution in [1.29, 1.82) is 0 Å². The average Bonchev–Trinajstić information content (AvgIpc) is 2.64. The lowest BCUT2D eigenvalue weighted by molar-refractivity contribution is 0.0734. The monoisotopic (exact) mass is 344 g/mol. The molecule has 0 aromatic heterocycles. The Morgan fingerprint density at radius 1 is 0.885 bits per heavy atom. The average molecular weight is 344 g/mol. The SMILES string of the molecule is Cc1cccc2c(O)c(C(=O)Oc3cccc4ccccc34)cc(O)c12. The molecule has 128 valence electrons. The van der Waals surface area contributed by atoms with Crippen LogP contribution >= 0.6 is 0 Å². The topological polar surface area (TPSA) is 66.8 Å². The largest absolute Gasteiger partial charge is 0.507 e. The third-order valence-corrected chi connectivity index (χ3v) is 4.49. The van der Waals surface area contributed by atoms with E-state index in [1.807, 2.05) is 43.3 Å². The van der Waals surface area contributed by atoms with Gasteiger partial charge >= 0.3 is 5.97 Å². The van der Waals surface area contributed by atoms with E-state index in [9.17, 15) is 15.0 Å². The highest BCUT2D eigenvalue weighted by molar-refractivity contribution is 6.06. The van der Waals surface area contributed by atoms with Crippen LogP contribution < -0.4 is 4.74 Å². The Morgan fingerprint density at radius 3 is 2.42 bits per heavy atom. The van der Waals surface area contributed by atoms with Gasteiger partial charge in [0.15, 0.2) is 0 Å². The van der Waals surface area contributed by atoms with E-state index in [4.69, 9.17) is 4.74 Å². The van der Waals surface area contributed by atoms with Gasteiger partial charge in [0.05, 0.1) is 0 Å². The molecule has 0 bridgehead atoms. The van der Waals surface area contributed by atoms with E-state index in [0.29, 0.717) is 16.5 Å². The van der Waals surface area contributed by atoms with Crippen molar-refractivity contribution in [3.05, 3.63) is 77.9 Å². The Kier molecular flexibility index (Phi) is 3.73. The van der Waals surface area contributed by atoms with Gasteiger partial charge in [-0.2, -0.15) is 0 Å². The minimum Gasteiger partial charge on any atom is -0.507 e. The van der Waals surface area contributed by atoms with Crippen molar-refractivity contribution >= 4 is 27.5 Å². The lowest BCUT2D eigenvalue weighted by Crippen LogP contribution is -2.09. The van der Waals surface area contributed by atoms with Gasteiger partial charge in [-0.05, 0) is 30.0 Å². The molecule has 0 saturated heterocycles. The molecule has 0 aliphatic heterocycles. The van der Waals surface area contributed by atoms with Crippen molar-refractivity contribution in [2.45, 2.75) is 6.92 Å². The van der Waals surface area contributed by atoms with Crippen LogP contribution in [0.3, 0.4) is 0 Å². The number of carbonyl (C=O) groups excluding carboxylic acids is 1. The fourth-order valence-corrected chi connectivity index (χ4v) is 3.22. The summed E-state index contributed by atoms with van der Waals surface area (Å²) in [6.45, 7) is 1.83. The highest BCUT2D eigenvalue weighted by Crippen LogP contribution is 2.38. The van der Waals surface area contributed by atoms with Gasteiger partial charge in [0.25, 0.3) is 0 Å². The second kappa shape index (κ2) is 6.08. The summed E-state index contributed by atoms with van der Waals surface area (Å²) in [6.07, 6.45) is 0. The highest BCUT2D eigenvalue weighted by atomic mass is 16.5. The summed E-state index contributed by atoms with van der Waals surface area (Å²) in [5, 5.41) is 23.5. The molecule has 0 amide bonds. The summed E-state index contributed by atoms with van der Waals surface area (Å²) in [5.41, 5.74) is 0.734. The lowest BCUT2D eigenvalue weighted by Gasteiger charge is -2.12. The molecule has 4 heteroatoms. The molecule has 0 unspecified atom stereocenters. The molecule has 0 aliphatic rings. The number of benzene rings is 4. The molecule has 4 aromatic carbocycles. The first-order chi connectivity index (χ1) is 12.6.